The topological polar surface area (TPSA) is 57.7 Å². The number of halogens is 1. The highest BCUT2D eigenvalue weighted by molar-refractivity contribution is 6.62. The van der Waals surface area contributed by atoms with E-state index in [1.54, 1.807) is 6.92 Å². The lowest BCUT2D eigenvalue weighted by Gasteiger charge is -2.32. The van der Waals surface area contributed by atoms with E-state index in [4.69, 9.17) is 14.0 Å². The summed E-state index contributed by atoms with van der Waals surface area (Å²) in [5.41, 5.74) is -1.27. The van der Waals surface area contributed by atoms with Crippen molar-refractivity contribution in [2.24, 2.45) is 0 Å². The molecule has 2 aliphatic rings. The van der Waals surface area contributed by atoms with Gasteiger partial charge in [-0.05, 0) is 53.5 Å². The molecule has 1 saturated heterocycles. The first kappa shape index (κ1) is 17.4. The third-order valence-corrected chi connectivity index (χ3v) is 5.26. The molecular formula is C17H23BFNO4. The van der Waals surface area contributed by atoms with Gasteiger partial charge in [0.05, 0.1) is 23.5 Å². The van der Waals surface area contributed by atoms with E-state index in [1.165, 1.54) is 12.3 Å². The Labute approximate surface area is 142 Å². The number of carbonyl (C=O) groups is 1. The number of esters is 1. The van der Waals surface area contributed by atoms with Crippen LogP contribution in [-0.2, 0) is 24.3 Å². The zero-order valence-electron chi connectivity index (χ0n) is 14.8. The summed E-state index contributed by atoms with van der Waals surface area (Å²) in [5, 5.41) is 0. The van der Waals surface area contributed by atoms with Crippen molar-refractivity contribution in [3.63, 3.8) is 0 Å². The average Bonchev–Trinajstić information content (AvgIpc) is 3.23. The van der Waals surface area contributed by atoms with Crippen molar-refractivity contribution >= 4 is 18.6 Å². The highest BCUT2D eigenvalue weighted by atomic mass is 19.1. The van der Waals surface area contributed by atoms with E-state index in [0.29, 0.717) is 18.3 Å². The fourth-order valence-electron chi connectivity index (χ4n) is 2.84. The van der Waals surface area contributed by atoms with Crippen molar-refractivity contribution in [3.05, 3.63) is 23.8 Å². The van der Waals surface area contributed by atoms with Gasteiger partial charge in [-0.1, -0.05) is 0 Å². The average molecular weight is 335 g/mol. The van der Waals surface area contributed by atoms with Crippen LogP contribution >= 0.6 is 0 Å². The summed E-state index contributed by atoms with van der Waals surface area (Å²) in [5.74, 6) is -0.924. The predicted octanol–water partition coefficient (Wildman–Crippen LogP) is 2.11. The fourth-order valence-corrected chi connectivity index (χ4v) is 2.84. The van der Waals surface area contributed by atoms with Crippen LogP contribution in [0.25, 0.3) is 0 Å². The highest BCUT2D eigenvalue weighted by Gasteiger charge is 2.56. The van der Waals surface area contributed by atoms with Crippen molar-refractivity contribution in [1.29, 1.82) is 0 Å². The number of pyridine rings is 1. The number of rotatable bonds is 4. The minimum absolute atomic E-state index is 0.154. The van der Waals surface area contributed by atoms with E-state index in [1.807, 2.05) is 27.7 Å². The molecule has 24 heavy (non-hydrogen) atoms. The van der Waals surface area contributed by atoms with Gasteiger partial charge in [0.25, 0.3) is 0 Å². The molecule has 0 amide bonds. The van der Waals surface area contributed by atoms with Gasteiger partial charge in [0.2, 0.25) is 0 Å². The second-order valence-electron chi connectivity index (χ2n) is 7.49. The molecule has 1 aliphatic carbocycles. The maximum atomic E-state index is 14.6. The van der Waals surface area contributed by atoms with Gasteiger partial charge in [-0.2, -0.15) is 0 Å². The molecule has 1 aromatic rings. The summed E-state index contributed by atoms with van der Waals surface area (Å²) < 4.78 is 31.5. The molecule has 0 radical (unpaired) electrons. The molecule has 0 N–H and O–H groups in total. The molecule has 130 valence electrons. The second kappa shape index (κ2) is 5.53. The summed E-state index contributed by atoms with van der Waals surface area (Å²) in [7, 11) is -0.677. The van der Waals surface area contributed by atoms with Crippen LogP contribution in [0.4, 0.5) is 4.39 Å². The minimum atomic E-state index is -0.922. The third-order valence-electron chi connectivity index (χ3n) is 5.26. The van der Waals surface area contributed by atoms with E-state index >= 15 is 0 Å². The van der Waals surface area contributed by atoms with Gasteiger partial charge in [-0.25, -0.2) is 4.39 Å². The molecule has 2 fully saturated rings. The van der Waals surface area contributed by atoms with E-state index in [9.17, 15) is 9.18 Å². The Hall–Kier alpha value is -1.47. The van der Waals surface area contributed by atoms with Crippen molar-refractivity contribution < 1.29 is 23.2 Å². The number of aromatic nitrogens is 1. The lowest BCUT2D eigenvalue weighted by Crippen LogP contribution is -2.41. The van der Waals surface area contributed by atoms with E-state index in [-0.39, 0.29) is 12.3 Å². The first-order chi connectivity index (χ1) is 11.1. The Morgan fingerprint density at radius 3 is 2.33 bits per heavy atom. The lowest BCUT2D eigenvalue weighted by atomic mass is 9.80. The van der Waals surface area contributed by atoms with Gasteiger partial charge in [0.1, 0.15) is 11.2 Å². The summed E-state index contributed by atoms with van der Waals surface area (Å²) >= 11 is 0. The maximum Gasteiger partial charge on any atom is 0.496 e. The Morgan fingerprint density at radius 2 is 1.88 bits per heavy atom. The Kier molecular flexibility index (Phi) is 4.00. The molecule has 0 spiro atoms. The lowest BCUT2D eigenvalue weighted by molar-refractivity contribution is -0.146. The molecule has 1 saturated carbocycles. The van der Waals surface area contributed by atoms with Crippen LogP contribution in [0.1, 0.15) is 53.2 Å². The number of hydrogen-bond donors (Lipinski definition) is 0. The second-order valence-corrected chi connectivity index (χ2v) is 7.49. The van der Waals surface area contributed by atoms with E-state index in [0.717, 1.165) is 0 Å². The van der Waals surface area contributed by atoms with E-state index < -0.39 is 35.5 Å². The van der Waals surface area contributed by atoms with Crippen LogP contribution in [0.15, 0.2) is 12.3 Å². The quantitative estimate of drug-likeness (QED) is 0.623. The third kappa shape index (κ3) is 2.63. The smallest absolute Gasteiger partial charge is 0.465 e. The predicted molar refractivity (Wildman–Crippen MR) is 87.5 cm³/mol. The number of carbonyl (C=O) groups excluding carboxylic acids is 1. The normalized spacial score (nSPS) is 23.2. The molecule has 0 unspecified atom stereocenters. The Bertz CT molecular complexity index is 657. The van der Waals surface area contributed by atoms with Crippen molar-refractivity contribution in [1.82, 2.24) is 4.98 Å². The summed E-state index contributed by atoms with van der Waals surface area (Å²) in [6, 6.07) is 1.35. The van der Waals surface area contributed by atoms with Crippen LogP contribution in [-0.4, -0.2) is 35.9 Å². The van der Waals surface area contributed by atoms with Gasteiger partial charge in [-0.3, -0.25) is 9.78 Å². The van der Waals surface area contributed by atoms with E-state index in [2.05, 4.69) is 4.98 Å². The molecular weight excluding hydrogens is 312 g/mol. The monoisotopic (exact) mass is 335 g/mol. The SMILES string of the molecule is CCOC(=O)C1(c2ncc(B3OC(C)(C)C(C)(C)O3)cc2F)CC1. The molecule has 0 atom stereocenters. The standard InChI is InChI=1S/C17H23BFNO4/c1-6-22-14(21)17(7-8-17)13-12(19)9-11(10-20-13)18-23-15(2,3)16(4,5)24-18/h9-10H,6-8H2,1-5H3. The molecule has 0 aromatic carbocycles. The van der Waals surface area contributed by atoms with Crippen LogP contribution < -0.4 is 5.46 Å². The van der Waals surface area contributed by atoms with Crippen molar-refractivity contribution in [3.8, 4) is 0 Å². The van der Waals surface area contributed by atoms with Crippen molar-refractivity contribution in [2.75, 3.05) is 6.61 Å². The summed E-state index contributed by atoms with van der Waals surface area (Å²) in [6.07, 6.45) is 2.65. The van der Waals surface area contributed by atoms with Crippen molar-refractivity contribution in [2.45, 2.75) is 64.1 Å². The fraction of sp³-hybridized carbons (Fsp3) is 0.647. The van der Waals surface area contributed by atoms with Crippen LogP contribution in [0.5, 0.6) is 0 Å². The molecule has 0 bridgehead atoms. The molecule has 2 heterocycles. The molecule has 3 rings (SSSR count). The van der Waals surface area contributed by atoms with Gasteiger partial charge >= 0.3 is 13.1 Å². The van der Waals surface area contributed by atoms with Gasteiger partial charge < -0.3 is 14.0 Å². The number of ether oxygens (including phenoxy) is 1. The Morgan fingerprint density at radius 1 is 1.29 bits per heavy atom. The molecule has 7 heteroatoms. The first-order valence-corrected chi connectivity index (χ1v) is 8.32. The molecule has 1 aliphatic heterocycles. The number of hydrogen-bond acceptors (Lipinski definition) is 5. The van der Waals surface area contributed by atoms with Gasteiger partial charge in [0, 0.05) is 11.7 Å². The molecule has 1 aromatic heterocycles. The summed E-state index contributed by atoms with van der Waals surface area (Å²) in [6.45, 7) is 9.75. The number of nitrogens with zero attached hydrogens (tertiary/aromatic N) is 1. The van der Waals surface area contributed by atoms with Gasteiger partial charge in [-0.15, -0.1) is 0 Å². The Balaban J connectivity index is 1.86. The first-order valence-electron chi connectivity index (χ1n) is 8.32. The maximum absolute atomic E-state index is 14.6. The summed E-state index contributed by atoms with van der Waals surface area (Å²) in [4.78, 5) is 16.3. The van der Waals surface area contributed by atoms with Crippen LogP contribution in [0, 0.1) is 5.82 Å². The zero-order chi connectivity index (χ0) is 17.8. The minimum Gasteiger partial charge on any atom is -0.465 e. The zero-order valence-corrected chi connectivity index (χ0v) is 14.8. The largest absolute Gasteiger partial charge is 0.496 e. The van der Waals surface area contributed by atoms with Crippen LogP contribution in [0.3, 0.4) is 0 Å². The van der Waals surface area contributed by atoms with Crippen LogP contribution in [0.2, 0.25) is 0 Å². The van der Waals surface area contributed by atoms with Gasteiger partial charge in [0.15, 0.2) is 0 Å². The molecule has 5 nitrogen and oxygen atoms in total. The highest BCUT2D eigenvalue weighted by Crippen LogP contribution is 2.49.